The molecule has 3 N–H and O–H groups in total. The van der Waals surface area contributed by atoms with E-state index in [1.54, 1.807) is 0 Å². The molecule has 0 aromatic rings. The maximum absolute atomic E-state index is 13.0. The van der Waals surface area contributed by atoms with E-state index in [4.69, 9.17) is 0 Å². The van der Waals surface area contributed by atoms with Gasteiger partial charge in [-0.25, -0.2) is 0 Å². The predicted molar refractivity (Wildman–Crippen MR) is 125 cm³/mol. The van der Waals surface area contributed by atoms with Gasteiger partial charge in [-0.2, -0.15) is 26.3 Å². The quantitative estimate of drug-likeness (QED) is 0.336. The van der Waals surface area contributed by atoms with Crippen molar-refractivity contribution in [2.24, 2.45) is 23.2 Å². The minimum Gasteiger partial charge on any atom is -0.393 e. The van der Waals surface area contributed by atoms with Crippen molar-refractivity contribution in [3.8, 4) is 0 Å². The standard InChI is InChI=1S/C27H38F6O3/c1-16(6-4-13-25(36,26(28,29)30)27(31,32)33)21-10-11-22-18(7-5-12-24(21,22)3)8-9-19-14-20(34)15-23(35)17(19)2/h8-9,16,20-23,34-36H,2,4-7,10-15H2,1,3H3/b18-8-,19-9-/t16-,20-,21-,22?,23+,24?/m1/s1. The van der Waals surface area contributed by atoms with Crippen molar-refractivity contribution >= 4 is 0 Å². The van der Waals surface area contributed by atoms with E-state index in [1.807, 2.05) is 13.0 Å². The van der Waals surface area contributed by atoms with Gasteiger partial charge in [-0.15, -0.1) is 0 Å². The molecule has 3 saturated carbocycles. The summed E-state index contributed by atoms with van der Waals surface area (Å²) in [5.74, 6) is 0.355. The first-order valence-electron chi connectivity index (χ1n) is 12.8. The number of aliphatic hydroxyl groups excluding tert-OH is 2. The van der Waals surface area contributed by atoms with Crippen molar-refractivity contribution in [3.05, 3.63) is 35.5 Å². The molecule has 0 aromatic carbocycles. The highest BCUT2D eigenvalue weighted by Gasteiger charge is 2.69. The lowest BCUT2D eigenvalue weighted by atomic mass is 9.60. The van der Waals surface area contributed by atoms with Crippen LogP contribution in [0.25, 0.3) is 0 Å². The summed E-state index contributed by atoms with van der Waals surface area (Å²) >= 11 is 0. The monoisotopic (exact) mass is 524 g/mol. The highest BCUT2D eigenvalue weighted by molar-refractivity contribution is 5.38. The van der Waals surface area contributed by atoms with Crippen LogP contribution in [-0.4, -0.2) is 45.5 Å². The molecule has 36 heavy (non-hydrogen) atoms. The Bertz CT molecular complexity index is 860. The molecule has 3 nitrogen and oxygen atoms in total. The van der Waals surface area contributed by atoms with Gasteiger partial charge in [-0.05, 0) is 85.7 Å². The van der Waals surface area contributed by atoms with Crippen molar-refractivity contribution in [2.75, 3.05) is 0 Å². The van der Waals surface area contributed by atoms with Crippen LogP contribution in [0.3, 0.4) is 0 Å². The Balaban J connectivity index is 1.69. The number of hydrogen-bond donors (Lipinski definition) is 3. The van der Waals surface area contributed by atoms with Crippen molar-refractivity contribution in [3.63, 3.8) is 0 Å². The Morgan fingerprint density at radius 1 is 1.08 bits per heavy atom. The van der Waals surface area contributed by atoms with Crippen LogP contribution >= 0.6 is 0 Å². The SMILES string of the molecule is C=C1/C(=C\C=C2\CCCC3(C)C2CC[C@@H]3[C@H](C)CCCC(O)(C(F)(F)F)C(F)(F)F)C[C@@H](O)C[C@@H]1O. The highest BCUT2D eigenvalue weighted by atomic mass is 19.4. The number of hydrogen-bond acceptors (Lipinski definition) is 3. The number of alkyl halides is 6. The minimum absolute atomic E-state index is 0.0770. The smallest absolute Gasteiger partial charge is 0.393 e. The van der Waals surface area contributed by atoms with E-state index in [0.29, 0.717) is 12.0 Å². The fourth-order valence-electron chi connectivity index (χ4n) is 7.00. The second kappa shape index (κ2) is 10.4. The van der Waals surface area contributed by atoms with Crippen LogP contribution in [0.1, 0.15) is 78.1 Å². The maximum atomic E-state index is 13.0. The number of halogens is 6. The Labute approximate surface area is 209 Å². The second-order valence-corrected chi connectivity index (χ2v) is 11.4. The zero-order valence-electron chi connectivity index (χ0n) is 20.9. The van der Waals surface area contributed by atoms with Crippen LogP contribution in [0.4, 0.5) is 26.3 Å². The lowest BCUT2D eigenvalue weighted by Crippen LogP contribution is -2.56. The van der Waals surface area contributed by atoms with Gasteiger partial charge in [0.25, 0.3) is 5.60 Å². The zero-order chi connectivity index (χ0) is 27.1. The van der Waals surface area contributed by atoms with Gasteiger partial charge < -0.3 is 15.3 Å². The molecule has 0 aromatic heterocycles. The number of aliphatic hydroxyl groups is 3. The maximum Gasteiger partial charge on any atom is 0.426 e. The molecule has 3 fully saturated rings. The lowest BCUT2D eigenvalue weighted by molar-refractivity contribution is -0.370. The summed E-state index contributed by atoms with van der Waals surface area (Å²) in [6.45, 7) is 8.03. The molecule has 0 bridgehead atoms. The van der Waals surface area contributed by atoms with Crippen LogP contribution in [0.15, 0.2) is 35.5 Å². The summed E-state index contributed by atoms with van der Waals surface area (Å²) in [6.07, 6.45) is -5.24. The molecular weight excluding hydrogens is 486 g/mol. The normalized spacial score (nSPS) is 35.4. The predicted octanol–water partition coefficient (Wildman–Crippen LogP) is 6.79. The number of fused-ring (bicyclic) bond motifs is 1. The molecule has 0 spiro atoms. The third-order valence-electron chi connectivity index (χ3n) is 9.12. The lowest BCUT2D eigenvalue weighted by Gasteiger charge is -2.44. The van der Waals surface area contributed by atoms with Gasteiger partial charge in [0.1, 0.15) is 0 Å². The molecule has 206 valence electrons. The summed E-state index contributed by atoms with van der Waals surface area (Å²) in [5.41, 5.74) is -2.08. The summed E-state index contributed by atoms with van der Waals surface area (Å²) in [4.78, 5) is 0. The molecule has 3 aliphatic carbocycles. The molecular formula is C27H38F6O3. The largest absolute Gasteiger partial charge is 0.426 e. The first kappa shape index (κ1) is 29.2. The summed E-state index contributed by atoms with van der Waals surface area (Å²) < 4.78 is 78.1. The van der Waals surface area contributed by atoms with E-state index in [9.17, 15) is 41.7 Å². The van der Waals surface area contributed by atoms with Gasteiger partial charge in [0.15, 0.2) is 0 Å². The topological polar surface area (TPSA) is 60.7 Å². The van der Waals surface area contributed by atoms with E-state index >= 15 is 0 Å². The summed E-state index contributed by atoms with van der Waals surface area (Å²) in [5, 5.41) is 29.5. The van der Waals surface area contributed by atoms with Crippen molar-refractivity contribution in [1.82, 2.24) is 0 Å². The Kier molecular flexibility index (Phi) is 8.48. The molecule has 0 aliphatic heterocycles. The van der Waals surface area contributed by atoms with Gasteiger partial charge in [-0.3, -0.25) is 0 Å². The average molecular weight is 525 g/mol. The van der Waals surface area contributed by atoms with E-state index in [-0.39, 0.29) is 42.4 Å². The van der Waals surface area contributed by atoms with Crippen LogP contribution < -0.4 is 0 Å². The van der Waals surface area contributed by atoms with Gasteiger partial charge in [0.05, 0.1) is 12.2 Å². The van der Waals surface area contributed by atoms with Crippen molar-refractivity contribution in [1.29, 1.82) is 0 Å². The fraction of sp³-hybridized carbons (Fsp3) is 0.778. The van der Waals surface area contributed by atoms with Gasteiger partial charge in [0, 0.05) is 6.42 Å². The Morgan fingerprint density at radius 3 is 2.33 bits per heavy atom. The highest BCUT2D eigenvalue weighted by Crippen LogP contribution is 2.60. The molecule has 3 aliphatic rings. The van der Waals surface area contributed by atoms with E-state index in [1.165, 1.54) is 5.57 Å². The van der Waals surface area contributed by atoms with Crippen LogP contribution in [0.2, 0.25) is 0 Å². The molecule has 0 amide bonds. The third-order valence-corrected chi connectivity index (χ3v) is 9.12. The van der Waals surface area contributed by atoms with Gasteiger partial charge >= 0.3 is 12.4 Å². The Morgan fingerprint density at radius 2 is 1.72 bits per heavy atom. The van der Waals surface area contributed by atoms with Crippen LogP contribution in [0.5, 0.6) is 0 Å². The summed E-state index contributed by atoms with van der Waals surface area (Å²) in [7, 11) is 0. The molecule has 6 atom stereocenters. The fourth-order valence-corrected chi connectivity index (χ4v) is 7.00. The van der Waals surface area contributed by atoms with Gasteiger partial charge in [-0.1, -0.05) is 44.6 Å². The average Bonchev–Trinajstić information content (AvgIpc) is 3.11. The second-order valence-electron chi connectivity index (χ2n) is 11.4. The first-order chi connectivity index (χ1) is 16.5. The first-order valence-corrected chi connectivity index (χ1v) is 12.8. The van der Waals surface area contributed by atoms with E-state index in [0.717, 1.165) is 37.7 Å². The molecule has 9 heteroatoms. The van der Waals surface area contributed by atoms with E-state index < -0.39 is 36.6 Å². The zero-order valence-corrected chi connectivity index (χ0v) is 20.9. The number of allylic oxidation sites excluding steroid dienone is 3. The van der Waals surface area contributed by atoms with Crippen LogP contribution in [0, 0.1) is 23.2 Å². The number of rotatable bonds is 6. The molecule has 0 radical (unpaired) electrons. The summed E-state index contributed by atoms with van der Waals surface area (Å²) in [6, 6.07) is 0. The van der Waals surface area contributed by atoms with E-state index in [2.05, 4.69) is 19.6 Å². The molecule has 2 unspecified atom stereocenters. The van der Waals surface area contributed by atoms with Gasteiger partial charge in [0.2, 0.25) is 0 Å². The third kappa shape index (κ3) is 5.58. The van der Waals surface area contributed by atoms with Crippen molar-refractivity contribution < 1.29 is 41.7 Å². The Hall–Kier alpha value is -1.32. The van der Waals surface area contributed by atoms with Crippen molar-refractivity contribution in [2.45, 2.75) is 108 Å². The molecule has 3 rings (SSSR count). The molecule has 0 heterocycles. The van der Waals surface area contributed by atoms with Crippen LogP contribution in [-0.2, 0) is 0 Å². The minimum atomic E-state index is -5.77. The molecule has 0 saturated heterocycles.